The second kappa shape index (κ2) is 9.01. The molecular weight excluding hydrogens is 386 g/mol. The van der Waals surface area contributed by atoms with E-state index < -0.39 is 0 Å². The maximum absolute atomic E-state index is 12.7. The number of nitrogens with zero attached hydrogens (tertiary/aromatic N) is 4. The summed E-state index contributed by atoms with van der Waals surface area (Å²) in [7, 11) is 0. The fourth-order valence-electron chi connectivity index (χ4n) is 3.53. The van der Waals surface area contributed by atoms with E-state index in [1.165, 1.54) is 0 Å². The first-order valence-corrected chi connectivity index (χ1v) is 10.1. The largest absolute Gasteiger partial charge is 0.354 e. The molecular formula is C22H22ClN5O. The van der Waals surface area contributed by atoms with Gasteiger partial charge in [0.05, 0.1) is 11.6 Å². The molecule has 148 valence electrons. The molecule has 0 bridgehead atoms. The van der Waals surface area contributed by atoms with E-state index in [0.29, 0.717) is 18.1 Å². The highest BCUT2D eigenvalue weighted by molar-refractivity contribution is 6.31. The molecule has 1 aromatic carbocycles. The van der Waals surface area contributed by atoms with Crippen molar-refractivity contribution in [1.82, 2.24) is 20.5 Å². The molecule has 3 aromatic rings. The van der Waals surface area contributed by atoms with Gasteiger partial charge in [-0.1, -0.05) is 29.8 Å². The standard InChI is InChI=1S/C22H22ClN5O/c23-19-8-2-1-5-16(19)14-25-22(29)18-7-4-12-28(15-18)21-10-9-20(26-27-21)17-6-3-11-24-13-17/h1-3,5-6,8-11,13,18H,4,7,12,14-15H2,(H,25,29). The number of halogens is 1. The van der Waals surface area contributed by atoms with Gasteiger partial charge in [-0.25, -0.2) is 0 Å². The molecule has 0 spiro atoms. The lowest BCUT2D eigenvalue weighted by Gasteiger charge is -2.32. The quantitative estimate of drug-likeness (QED) is 0.697. The molecule has 1 N–H and O–H groups in total. The molecule has 1 saturated heterocycles. The summed E-state index contributed by atoms with van der Waals surface area (Å²) in [4.78, 5) is 18.9. The van der Waals surface area contributed by atoms with Gasteiger partial charge in [0.2, 0.25) is 5.91 Å². The third-order valence-corrected chi connectivity index (χ3v) is 5.50. The number of pyridine rings is 1. The van der Waals surface area contributed by atoms with Crippen LogP contribution in [0.15, 0.2) is 60.9 Å². The Kier molecular flexibility index (Phi) is 6.00. The van der Waals surface area contributed by atoms with E-state index in [0.717, 1.165) is 42.0 Å². The summed E-state index contributed by atoms with van der Waals surface area (Å²) in [5, 5.41) is 12.4. The predicted octanol–water partition coefficient (Wildman–Crippen LogP) is 3.72. The molecule has 0 aliphatic carbocycles. The summed E-state index contributed by atoms with van der Waals surface area (Å²) in [6, 6.07) is 15.3. The molecule has 3 heterocycles. The van der Waals surface area contributed by atoms with Gasteiger partial charge in [0, 0.05) is 42.6 Å². The number of anilines is 1. The Labute approximate surface area is 174 Å². The number of carbonyl (C=O) groups excluding carboxylic acids is 1. The van der Waals surface area contributed by atoms with Crippen LogP contribution in [-0.4, -0.2) is 34.2 Å². The molecule has 1 aliphatic heterocycles. The number of hydrogen-bond acceptors (Lipinski definition) is 5. The summed E-state index contributed by atoms with van der Waals surface area (Å²) < 4.78 is 0. The lowest BCUT2D eigenvalue weighted by atomic mass is 9.97. The van der Waals surface area contributed by atoms with Crippen molar-refractivity contribution < 1.29 is 4.79 Å². The predicted molar refractivity (Wildman–Crippen MR) is 113 cm³/mol. The van der Waals surface area contributed by atoms with Crippen molar-refractivity contribution in [3.8, 4) is 11.3 Å². The Morgan fingerprint density at radius 3 is 2.79 bits per heavy atom. The molecule has 0 saturated carbocycles. The SMILES string of the molecule is O=C(NCc1ccccc1Cl)C1CCCN(c2ccc(-c3cccnc3)nn2)C1. The highest BCUT2D eigenvalue weighted by atomic mass is 35.5. The van der Waals surface area contributed by atoms with E-state index in [1.807, 2.05) is 48.5 Å². The van der Waals surface area contributed by atoms with Gasteiger partial charge in [-0.2, -0.15) is 0 Å². The van der Waals surface area contributed by atoms with E-state index in [4.69, 9.17) is 11.6 Å². The fraction of sp³-hybridized carbons (Fsp3) is 0.273. The third kappa shape index (κ3) is 4.71. The Morgan fingerprint density at radius 1 is 1.14 bits per heavy atom. The van der Waals surface area contributed by atoms with Crippen LogP contribution in [0.2, 0.25) is 5.02 Å². The van der Waals surface area contributed by atoms with Crippen molar-refractivity contribution in [2.24, 2.45) is 5.92 Å². The van der Waals surface area contributed by atoms with Crippen LogP contribution in [0.5, 0.6) is 0 Å². The summed E-state index contributed by atoms with van der Waals surface area (Å²) in [5.41, 5.74) is 2.64. The summed E-state index contributed by atoms with van der Waals surface area (Å²) in [6.45, 7) is 1.94. The first-order valence-electron chi connectivity index (χ1n) is 9.71. The van der Waals surface area contributed by atoms with Crippen molar-refractivity contribution in [2.75, 3.05) is 18.0 Å². The normalized spacial score (nSPS) is 16.4. The smallest absolute Gasteiger partial charge is 0.225 e. The Balaban J connectivity index is 1.38. The maximum Gasteiger partial charge on any atom is 0.225 e. The second-order valence-corrected chi connectivity index (χ2v) is 7.52. The minimum absolute atomic E-state index is 0.0505. The Morgan fingerprint density at radius 2 is 2.03 bits per heavy atom. The fourth-order valence-corrected chi connectivity index (χ4v) is 3.73. The molecule has 1 fully saturated rings. The molecule has 6 nitrogen and oxygen atoms in total. The Bertz CT molecular complexity index is 964. The summed E-state index contributed by atoms with van der Waals surface area (Å²) in [5.74, 6) is 0.766. The van der Waals surface area contributed by atoms with E-state index in [9.17, 15) is 4.79 Å². The van der Waals surface area contributed by atoms with Gasteiger partial charge in [0.25, 0.3) is 0 Å². The average Bonchev–Trinajstić information content (AvgIpc) is 2.79. The first-order chi connectivity index (χ1) is 14.2. The van der Waals surface area contributed by atoms with Crippen LogP contribution in [-0.2, 0) is 11.3 Å². The van der Waals surface area contributed by atoms with Crippen molar-refractivity contribution in [2.45, 2.75) is 19.4 Å². The van der Waals surface area contributed by atoms with E-state index in [2.05, 4.69) is 25.4 Å². The molecule has 1 atom stereocenters. The summed E-state index contributed by atoms with van der Waals surface area (Å²) >= 11 is 6.18. The van der Waals surface area contributed by atoms with Gasteiger partial charge in [-0.3, -0.25) is 9.78 Å². The molecule has 1 aliphatic rings. The molecule has 2 aromatic heterocycles. The number of hydrogen-bond donors (Lipinski definition) is 1. The van der Waals surface area contributed by atoms with Crippen LogP contribution < -0.4 is 10.2 Å². The van der Waals surface area contributed by atoms with E-state index >= 15 is 0 Å². The van der Waals surface area contributed by atoms with Crippen LogP contribution in [0.25, 0.3) is 11.3 Å². The average molecular weight is 408 g/mol. The lowest BCUT2D eigenvalue weighted by Crippen LogP contribution is -2.43. The minimum Gasteiger partial charge on any atom is -0.354 e. The van der Waals surface area contributed by atoms with E-state index in [1.54, 1.807) is 12.4 Å². The first kappa shape index (κ1) is 19.3. The number of piperidine rings is 1. The van der Waals surface area contributed by atoms with Crippen LogP contribution >= 0.6 is 11.6 Å². The van der Waals surface area contributed by atoms with Gasteiger partial charge in [-0.15, -0.1) is 10.2 Å². The molecule has 1 amide bonds. The van der Waals surface area contributed by atoms with Gasteiger partial charge in [0.1, 0.15) is 0 Å². The topological polar surface area (TPSA) is 71.0 Å². The van der Waals surface area contributed by atoms with Gasteiger partial charge in [-0.05, 0) is 48.7 Å². The molecule has 4 rings (SSSR count). The van der Waals surface area contributed by atoms with Crippen molar-refractivity contribution in [1.29, 1.82) is 0 Å². The zero-order valence-corrected chi connectivity index (χ0v) is 16.7. The van der Waals surface area contributed by atoms with Gasteiger partial charge >= 0.3 is 0 Å². The van der Waals surface area contributed by atoms with Gasteiger partial charge in [0.15, 0.2) is 5.82 Å². The highest BCUT2D eigenvalue weighted by Gasteiger charge is 2.26. The number of amides is 1. The number of nitrogens with one attached hydrogen (secondary N) is 1. The highest BCUT2D eigenvalue weighted by Crippen LogP contribution is 2.23. The molecule has 29 heavy (non-hydrogen) atoms. The van der Waals surface area contributed by atoms with Gasteiger partial charge < -0.3 is 10.2 Å². The second-order valence-electron chi connectivity index (χ2n) is 7.11. The zero-order chi connectivity index (χ0) is 20.1. The third-order valence-electron chi connectivity index (χ3n) is 5.13. The van der Waals surface area contributed by atoms with Crippen molar-refractivity contribution in [3.05, 3.63) is 71.5 Å². The minimum atomic E-state index is -0.0777. The zero-order valence-electron chi connectivity index (χ0n) is 16.0. The molecule has 7 heteroatoms. The van der Waals surface area contributed by atoms with E-state index in [-0.39, 0.29) is 11.8 Å². The number of aromatic nitrogens is 3. The van der Waals surface area contributed by atoms with Crippen molar-refractivity contribution >= 4 is 23.3 Å². The lowest BCUT2D eigenvalue weighted by molar-refractivity contribution is -0.125. The van der Waals surface area contributed by atoms with Crippen molar-refractivity contribution in [3.63, 3.8) is 0 Å². The molecule has 0 radical (unpaired) electrons. The number of benzene rings is 1. The summed E-state index contributed by atoms with van der Waals surface area (Å²) in [6.07, 6.45) is 5.31. The van der Waals surface area contributed by atoms with Crippen LogP contribution in [0, 0.1) is 5.92 Å². The van der Waals surface area contributed by atoms with Crippen LogP contribution in [0.3, 0.4) is 0 Å². The number of rotatable bonds is 5. The monoisotopic (exact) mass is 407 g/mol. The Hall–Kier alpha value is -2.99. The molecule has 1 unspecified atom stereocenters. The van der Waals surface area contributed by atoms with Crippen LogP contribution in [0.1, 0.15) is 18.4 Å². The number of carbonyl (C=O) groups is 1. The maximum atomic E-state index is 12.7. The van der Waals surface area contributed by atoms with Crippen LogP contribution in [0.4, 0.5) is 5.82 Å².